The molecule has 19 heavy (non-hydrogen) atoms. The molecule has 2 aromatic rings. The van der Waals surface area contributed by atoms with Crippen LogP contribution in [0.15, 0.2) is 18.2 Å². The summed E-state index contributed by atoms with van der Waals surface area (Å²) in [6, 6.07) is 6.74. The summed E-state index contributed by atoms with van der Waals surface area (Å²) in [5.41, 5.74) is 3.77. The highest BCUT2D eigenvalue weighted by atomic mass is 15.3. The summed E-state index contributed by atoms with van der Waals surface area (Å²) in [7, 11) is 2.01. The van der Waals surface area contributed by atoms with Gasteiger partial charge in [0, 0.05) is 45.2 Å². The second-order valence-corrected chi connectivity index (χ2v) is 5.40. The van der Waals surface area contributed by atoms with Gasteiger partial charge in [-0.2, -0.15) is 5.10 Å². The summed E-state index contributed by atoms with van der Waals surface area (Å²) in [5.74, 6) is 0. The standard InChI is InChI=1S/C15H22N4/c1-12-14-11-13(3-4-15(14)18(2)17-12)5-8-19-9-6-16-7-10-19/h3-4,11,16H,5-10H2,1-2H3. The molecule has 0 atom stereocenters. The number of hydrogen-bond acceptors (Lipinski definition) is 3. The van der Waals surface area contributed by atoms with E-state index in [4.69, 9.17) is 0 Å². The minimum absolute atomic E-state index is 1.13. The van der Waals surface area contributed by atoms with Crippen molar-refractivity contribution in [2.75, 3.05) is 32.7 Å². The smallest absolute Gasteiger partial charge is 0.0682 e. The van der Waals surface area contributed by atoms with Gasteiger partial charge < -0.3 is 10.2 Å². The van der Waals surface area contributed by atoms with E-state index in [-0.39, 0.29) is 0 Å². The molecule has 4 nitrogen and oxygen atoms in total. The Kier molecular flexibility index (Phi) is 3.53. The molecule has 1 saturated heterocycles. The Hall–Kier alpha value is -1.39. The van der Waals surface area contributed by atoms with Gasteiger partial charge in [-0.1, -0.05) is 6.07 Å². The van der Waals surface area contributed by atoms with Crippen LogP contribution in [-0.2, 0) is 13.5 Å². The molecular weight excluding hydrogens is 236 g/mol. The highest BCUT2D eigenvalue weighted by Gasteiger charge is 2.10. The molecule has 1 aliphatic heterocycles. The second kappa shape index (κ2) is 5.31. The van der Waals surface area contributed by atoms with Crippen molar-refractivity contribution in [2.24, 2.45) is 7.05 Å². The van der Waals surface area contributed by atoms with Crippen LogP contribution in [0.4, 0.5) is 0 Å². The Bertz CT molecular complexity index is 567. The van der Waals surface area contributed by atoms with Gasteiger partial charge in [0.15, 0.2) is 0 Å². The molecule has 1 aromatic heterocycles. The minimum atomic E-state index is 1.13. The number of rotatable bonds is 3. The third-order valence-electron chi connectivity index (χ3n) is 4.03. The van der Waals surface area contributed by atoms with Gasteiger partial charge >= 0.3 is 0 Å². The zero-order valence-electron chi connectivity index (χ0n) is 11.8. The lowest BCUT2D eigenvalue weighted by molar-refractivity contribution is 0.244. The molecule has 1 aromatic carbocycles. The van der Waals surface area contributed by atoms with Crippen molar-refractivity contribution < 1.29 is 0 Å². The number of piperazine rings is 1. The predicted octanol–water partition coefficient (Wildman–Crippen LogP) is 1.33. The van der Waals surface area contributed by atoms with E-state index in [1.165, 1.54) is 29.6 Å². The van der Waals surface area contributed by atoms with Gasteiger partial charge in [0.2, 0.25) is 0 Å². The number of benzene rings is 1. The predicted molar refractivity (Wildman–Crippen MR) is 78.5 cm³/mol. The summed E-state index contributed by atoms with van der Waals surface area (Å²) < 4.78 is 1.96. The molecule has 102 valence electrons. The molecule has 0 radical (unpaired) electrons. The normalized spacial score (nSPS) is 17.2. The molecule has 4 heteroatoms. The van der Waals surface area contributed by atoms with Gasteiger partial charge in [-0.25, -0.2) is 0 Å². The van der Waals surface area contributed by atoms with Crippen molar-refractivity contribution in [3.8, 4) is 0 Å². The summed E-state index contributed by atoms with van der Waals surface area (Å²) in [4.78, 5) is 2.54. The first-order valence-electron chi connectivity index (χ1n) is 7.09. The molecule has 1 aliphatic rings. The average Bonchev–Trinajstić information content (AvgIpc) is 2.73. The molecule has 0 saturated carbocycles. The molecular formula is C15H22N4. The summed E-state index contributed by atoms with van der Waals surface area (Å²) >= 11 is 0. The van der Waals surface area contributed by atoms with Crippen LogP contribution in [0, 0.1) is 6.92 Å². The monoisotopic (exact) mass is 258 g/mol. The first kappa shape index (κ1) is 12.6. The van der Waals surface area contributed by atoms with Crippen LogP contribution in [0.2, 0.25) is 0 Å². The zero-order valence-corrected chi connectivity index (χ0v) is 11.8. The average molecular weight is 258 g/mol. The maximum atomic E-state index is 4.48. The lowest BCUT2D eigenvalue weighted by Crippen LogP contribution is -2.44. The van der Waals surface area contributed by atoms with Crippen LogP contribution in [0.5, 0.6) is 0 Å². The van der Waals surface area contributed by atoms with E-state index in [1.54, 1.807) is 0 Å². The van der Waals surface area contributed by atoms with Crippen LogP contribution in [0.25, 0.3) is 10.9 Å². The largest absolute Gasteiger partial charge is 0.314 e. The fourth-order valence-electron chi connectivity index (χ4n) is 2.87. The Morgan fingerprint density at radius 2 is 2.05 bits per heavy atom. The molecule has 0 amide bonds. The van der Waals surface area contributed by atoms with Gasteiger partial charge in [-0.05, 0) is 31.0 Å². The molecule has 0 aliphatic carbocycles. The number of aromatic nitrogens is 2. The topological polar surface area (TPSA) is 33.1 Å². The molecule has 2 heterocycles. The van der Waals surface area contributed by atoms with E-state index in [2.05, 4.69) is 40.4 Å². The van der Waals surface area contributed by atoms with Crippen molar-refractivity contribution in [1.29, 1.82) is 0 Å². The fourth-order valence-corrected chi connectivity index (χ4v) is 2.87. The Morgan fingerprint density at radius 1 is 1.26 bits per heavy atom. The summed E-state index contributed by atoms with van der Waals surface area (Å²) in [6.07, 6.45) is 1.13. The molecule has 0 spiro atoms. The van der Waals surface area contributed by atoms with Crippen LogP contribution in [0.1, 0.15) is 11.3 Å². The number of fused-ring (bicyclic) bond motifs is 1. The van der Waals surface area contributed by atoms with Gasteiger partial charge in [0.05, 0.1) is 11.2 Å². The van der Waals surface area contributed by atoms with Gasteiger partial charge in [-0.3, -0.25) is 4.68 Å². The maximum Gasteiger partial charge on any atom is 0.0682 e. The van der Waals surface area contributed by atoms with E-state index in [0.717, 1.165) is 31.7 Å². The fraction of sp³-hybridized carbons (Fsp3) is 0.533. The van der Waals surface area contributed by atoms with E-state index < -0.39 is 0 Å². The van der Waals surface area contributed by atoms with E-state index in [1.807, 2.05) is 11.7 Å². The molecule has 1 N–H and O–H groups in total. The number of nitrogens with zero attached hydrogens (tertiary/aromatic N) is 3. The minimum Gasteiger partial charge on any atom is -0.314 e. The van der Waals surface area contributed by atoms with Gasteiger partial charge in [0.25, 0.3) is 0 Å². The highest BCUT2D eigenvalue weighted by molar-refractivity contribution is 5.82. The number of hydrogen-bond donors (Lipinski definition) is 1. The summed E-state index contributed by atoms with van der Waals surface area (Å²) in [5, 5.41) is 9.17. The van der Waals surface area contributed by atoms with Gasteiger partial charge in [-0.15, -0.1) is 0 Å². The Labute approximate surface area is 114 Å². The zero-order chi connectivity index (χ0) is 13.2. The van der Waals surface area contributed by atoms with Crippen molar-refractivity contribution in [1.82, 2.24) is 20.0 Å². The van der Waals surface area contributed by atoms with E-state index in [9.17, 15) is 0 Å². The van der Waals surface area contributed by atoms with Crippen LogP contribution in [-0.4, -0.2) is 47.4 Å². The van der Waals surface area contributed by atoms with E-state index in [0.29, 0.717) is 0 Å². The van der Waals surface area contributed by atoms with Crippen molar-refractivity contribution in [3.05, 3.63) is 29.5 Å². The molecule has 0 bridgehead atoms. The van der Waals surface area contributed by atoms with Crippen molar-refractivity contribution >= 4 is 10.9 Å². The third-order valence-corrected chi connectivity index (χ3v) is 4.03. The highest BCUT2D eigenvalue weighted by Crippen LogP contribution is 2.19. The van der Waals surface area contributed by atoms with Crippen molar-refractivity contribution in [3.63, 3.8) is 0 Å². The molecule has 1 fully saturated rings. The molecule has 0 unspecified atom stereocenters. The Balaban J connectivity index is 1.72. The maximum absolute atomic E-state index is 4.48. The first-order valence-corrected chi connectivity index (χ1v) is 7.09. The lowest BCUT2D eigenvalue weighted by Gasteiger charge is -2.27. The number of nitrogens with one attached hydrogen (secondary N) is 1. The van der Waals surface area contributed by atoms with E-state index >= 15 is 0 Å². The SMILES string of the molecule is Cc1nn(C)c2ccc(CCN3CCNCC3)cc12. The lowest BCUT2D eigenvalue weighted by atomic mass is 10.1. The number of aryl methyl sites for hydroxylation is 2. The van der Waals surface area contributed by atoms with Crippen LogP contribution < -0.4 is 5.32 Å². The van der Waals surface area contributed by atoms with Crippen molar-refractivity contribution in [2.45, 2.75) is 13.3 Å². The van der Waals surface area contributed by atoms with Gasteiger partial charge in [0.1, 0.15) is 0 Å². The third kappa shape index (κ3) is 2.65. The first-order chi connectivity index (χ1) is 9.24. The van der Waals surface area contributed by atoms with Crippen LogP contribution >= 0.6 is 0 Å². The Morgan fingerprint density at radius 3 is 2.84 bits per heavy atom. The quantitative estimate of drug-likeness (QED) is 0.901. The van der Waals surface area contributed by atoms with Crippen LogP contribution in [0.3, 0.4) is 0 Å². The summed E-state index contributed by atoms with van der Waals surface area (Å²) in [6.45, 7) is 7.85. The molecule has 3 rings (SSSR count). The second-order valence-electron chi connectivity index (χ2n) is 5.40.